The fourth-order valence-corrected chi connectivity index (χ4v) is 3.11. The van der Waals surface area contributed by atoms with E-state index in [1.165, 1.54) is 0 Å². The van der Waals surface area contributed by atoms with Crippen LogP contribution in [0.2, 0.25) is 0 Å². The second kappa shape index (κ2) is 3.25. The molecule has 9 heteroatoms. The Bertz CT molecular complexity index is 448. The van der Waals surface area contributed by atoms with Crippen LogP contribution < -0.4 is 22.5 Å². The molecule has 0 amide bonds. The van der Waals surface area contributed by atoms with Gasteiger partial charge in [-0.2, -0.15) is 0 Å². The van der Waals surface area contributed by atoms with Gasteiger partial charge in [0.05, 0.1) is 6.04 Å². The lowest BCUT2D eigenvalue weighted by Crippen LogP contribution is -2.76. The van der Waals surface area contributed by atoms with Crippen molar-refractivity contribution in [2.45, 2.75) is 30.0 Å². The average Bonchev–Trinajstić information content (AvgIpc) is 2.77. The van der Waals surface area contributed by atoms with Crippen molar-refractivity contribution in [3.05, 3.63) is 0 Å². The van der Waals surface area contributed by atoms with Crippen LogP contribution in [-0.4, -0.2) is 63.7 Å². The number of rotatable bonds is 1. The Balaban J connectivity index is 2.15. The zero-order valence-corrected chi connectivity index (χ0v) is 9.74. The lowest BCUT2D eigenvalue weighted by molar-refractivity contribution is -0.220. The maximum absolute atomic E-state index is 10.3. The second-order valence-corrected chi connectivity index (χ2v) is 4.86. The van der Waals surface area contributed by atoms with Crippen molar-refractivity contribution in [3.63, 3.8) is 0 Å². The third-order valence-electron chi connectivity index (χ3n) is 3.93. The summed E-state index contributed by atoms with van der Waals surface area (Å²) < 4.78 is 0. The number of guanidine groups is 2. The average molecular weight is 255 g/mol. The fraction of sp³-hybridized carbons (Fsp3) is 0.778. The highest BCUT2D eigenvalue weighted by Gasteiger charge is 2.69. The van der Waals surface area contributed by atoms with Gasteiger partial charge < -0.3 is 37.6 Å². The van der Waals surface area contributed by atoms with Gasteiger partial charge in [-0.05, 0) is 0 Å². The molecule has 1 spiro atoms. The molecule has 0 radical (unpaired) electrons. The summed E-state index contributed by atoms with van der Waals surface area (Å²) in [6.07, 6.45) is 0.132. The molecule has 9 nitrogen and oxygen atoms in total. The molecule has 1 fully saturated rings. The highest BCUT2D eigenvalue weighted by Crippen LogP contribution is 2.44. The molecule has 3 heterocycles. The minimum Gasteiger partial charge on any atom is -0.370 e. The molecule has 0 aromatic carbocycles. The van der Waals surface area contributed by atoms with Gasteiger partial charge in [-0.15, -0.1) is 0 Å². The molecule has 0 aromatic heterocycles. The fourth-order valence-electron chi connectivity index (χ4n) is 3.11. The molecule has 0 aliphatic carbocycles. The van der Waals surface area contributed by atoms with Gasteiger partial charge in [0.25, 0.3) is 0 Å². The van der Waals surface area contributed by atoms with E-state index in [-0.39, 0.29) is 24.9 Å². The maximum atomic E-state index is 10.3. The van der Waals surface area contributed by atoms with Crippen LogP contribution in [0.3, 0.4) is 0 Å². The molecule has 1 saturated heterocycles. The first-order valence-electron chi connectivity index (χ1n) is 5.79. The van der Waals surface area contributed by atoms with Crippen LogP contribution in [0, 0.1) is 0 Å². The minimum absolute atomic E-state index is 0.132. The Kier molecular flexibility index (Phi) is 2.08. The maximum Gasteiger partial charge on any atom is 0.210 e. The summed E-state index contributed by atoms with van der Waals surface area (Å²) in [7, 11) is 0. The van der Waals surface area contributed by atoms with Gasteiger partial charge in [0, 0.05) is 19.5 Å². The lowest BCUT2D eigenvalue weighted by atomic mass is 9.86. The van der Waals surface area contributed by atoms with Gasteiger partial charge in [0.15, 0.2) is 17.6 Å². The molecule has 3 aliphatic rings. The molecule has 3 aliphatic heterocycles. The Morgan fingerprint density at radius 1 is 1.39 bits per heavy atom. The van der Waals surface area contributed by atoms with Crippen molar-refractivity contribution in [1.82, 2.24) is 10.2 Å². The molecular formula is C9H17N7O2. The monoisotopic (exact) mass is 255 g/mol. The number of nitrogens with one attached hydrogen (secondary N) is 1. The van der Waals surface area contributed by atoms with Crippen molar-refractivity contribution in [3.8, 4) is 0 Å². The molecule has 9 N–H and O–H groups in total. The van der Waals surface area contributed by atoms with Crippen LogP contribution in [-0.2, 0) is 0 Å². The third kappa shape index (κ3) is 1.11. The summed E-state index contributed by atoms with van der Waals surface area (Å²) in [6.45, 7) is 0.571. The summed E-state index contributed by atoms with van der Waals surface area (Å²) in [5, 5.41) is 23.4. The van der Waals surface area contributed by atoms with E-state index in [0.717, 1.165) is 0 Å². The van der Waals surface area contributed by atoms with Crippen LogP contribution in [0.4, 0.5) is 0 Å². The topological polar surface area (TPSA) is 159 Å². The van der Waals surface area contributed by atoms with Crippen molar-refractivity contribution >= 4 is 11.9 Å². The smallest absolute Gasteiger partial charge is 0.210 e. The Morgan fingerprint density at radius 3 is 2.78 bits per heavy atom. The van der Waals surface area contributed by atoms with E-state index in [1.54, 1.807) is 4.90 Å². The Hall–Kier alpha value is -1.58. The second-order valence-electron chi connectivity index (χ2n) is 4.86. The van der Waals surface area contributed by atoms with E-state index in [0.29, 0.717) is 6.54 Å². The lowest BCUT2D eigenvalue weighted by Gasteiger charge is -2.48. The third-order valence-corrected chi connectivity index (χ3v) is 3.93. The van der Waals surface area contributed by atoms with Gasteiger partial charge in [-0.25, -0.2) is 9.98 Å². The van der Waals surface area contributed by atoms with E-state index in [2.05, 4.69) is 15.3 Å². The number of aliphatic hydroxyl groups is 2. The zero-order valence-electron chi connectivity index (χ0n) is 9.74. The van der Waals surface area contributed by atoms with E-state index >= 15 is 0 Å². The molecule has 0 bridgehead atoms. The predicted octanol–water partition coefficient (Wildman–Crippen LogP) is -3.99. The molecule has 0 aromatic rings. The standard InChI is InChI=1S/C9H17N7O2/c10-3-4-5-9(15-6(11)14-5)8(17,18)1-2-16(9)7(12)13-4/h4-5,17-18H,1-3,10H2,(H2,12,13)(H3,11,14,15)/t4-,5-,9-/m0/s1. The van der Waals surface area contributed by atoms with Crippen LogP contribution in [0.1, 0.15) is 6.42 Å². The van der Waals surface area contributed by atoms with E-state index in [4.69, 9.17) is 17.2 Å². The van der Waals surface area contributed by atoms with E-state index in [1.807, 2.05) is 0 Å². The van der Waals surface area contributed by atoms with Crippen LogP contribution in [0.5, 0.6) is 0 Å². The van der Waals surface area contributed by atoms with E-state index in [9.17, 15) is 10.2 Å². The largest absolute Gasteiger partial charge is 0.370 e. The van der Waals surface area contributed by atoms with Crippen molar-refractivity contribution in [1.29, 1.82) is 0 Å². The van der Waals surface area contributed by atoms with Crippen molar-refractivity contribution in [2.75, 3.05) is 13.1 Å². The number of nitrogens with zero attached hydrogens (tertiary/aromatic N) is 3. The highest BCUT2D eigenvalue weighted by molar-refractivity contribution is 5.87. The molecule has 18 heavy (non-hydrogen) atoms. The van der Waals surface area contributed by atoms with Gasteiger partial charge >= 0.3 is 0 Å². The van der Waals surface area contributed by atoms with Gasteiger partial charge in [0.1, 0.15) is 6.04 Å². The van der Waals surface area contributed by atoms with Crippen LogP contribution in [0.15, 0.2) is 9.98 Å². The molecule has 3 atom stereocenters. The van der Waals surface area contributed by atoms with Gasteiger partial charge in [-0.1, -0.05) is 0 Å². The first-order valence-corrected chi connectivity index (χ1v) is 5.79. The summed E-state index contributed by atoms with van der Waals surface area (Å²) in [4.78, 5) is 10.1. The summed E-state index contributed by atoms with van der Waals surface area (Å²) in [5.74, 6) is -1.62. The zero-order chi connectivity index (χ0) is 13.1. The van der Waals surface area contributed by atoms with Crippen molar-refractivity contribution < 1.29 is 10.2 Å². The quantitative estimate of drug-likeness (QED) is 0.260. The summed E-state index contributed by atoms with van der Waals surface area (Å²) in [6, 6.07) is -0.987. The molecule has 0 saturated carbocycles. The number of hydrogen-bond acceptors (Lipinski definition) is 9. The molecule has 100 valence electrons. The number of hydrogen-bond donors (Lipinski definition) is 6. The van der Waals surface area contributed by atoms with Gasteiger partial charge in [0.2, 0.25) is 5.79 Å². The molecular weight excluding hydrogens is 238 g/mol. The Morgan fingerprint density at radius 2 is 2.11 bits per heavy atom. The van der Waals surface area contributed by atoms with Crippen molar-refractivity contribution in [2.24, 2.45) is 27.2 Å². The highest BCUT2D eigenvalue weighted by atomic mass is 16.5. The molecule has 0 unspecified atom stereocenters. The first kappa shape index (κ1) is 11.5. The Labute approximate surface area is 103 Å². The van der Waals surface area contributed by atoms with Crippen LogP contribution in [0.25, 0.3) is 0 Å². The van der Waals surface area contributed by atoms with Gasteiger partial charge in [-0.3, -0.25) is 0 Å². The minimum atomic E-state index is -1.99. The van der Waals surface area contributed by atoms with E-state index < -0.39 is 23.5 Å². The summed E-state index contributed by atoms with van der Waals surface area (Å²) >= 11 is 0. The number of aliphatic imine (C=N–C) groups is 2. The normalized spacial score (nSPS) is 40.7. The molecule has 3 rings (SSSR count). The first-order chi connectivity index (χ1) is 8.42. The summed E-state index contributed by atoms with van der Waals surface area (Å²) in [5.41, 5.74) is 16.0. The number of nitrogens with two attached hydrogens (primary N) is 3. The van der Waals surface area contributed by atoms with Crippen LogP contribution >= 0.6 is 0 Å². The predicted molar refractivity (Wildman–Crippen MR) is 64.2 cm³/mol. The SMILES string of the molecule is NC[C@@H]1N=C(N)N2CCC(O)(O)[C@@]23NC(N)=N[C@@H]13.